The van der Waals surface area contributed by atoms with Gasteiger partial charge in [0.15, 0.2) is 5.82 Å². The van der Waals surface area contributed by atoms with Gasteiger partial charge in [0.05, 0.1) is 17.2 Å². The fourth-order valence-electron chi connectivity index (χ4n) is 3.76. The van der Waals surface area contributed by atoms with Crippen molar-refractivity contribution in [1.82, 2.24) is 34.5 Å². The third kappa shape index (κ3) is 2.31. The fourth-order valence-corrected chi connectivity index (χ4v) is 3.76. The first kappa shape index (κ1) is 15.2. The zero-order valence-corrected chi connectivity index (χ0v) is 15.0. The van der Waals surface area contributed by atoms with Gasteiger partial charge in [0.25, 0.3) is 0 Å². The highest BCUT2D eigenvalue weighted by atomic mass is 15.4. The minimum Gasteiger partial charge on any atom is -0.331 e. The Hall–Kier alpha value is -3.09. The molecule has 1 aliphatic carbocycles. The second kappa shape index (κ2) is 5.45. The minimum absolute atomic E-state index is 0.419. The second-order valence-corrected chi connectivity index (χ2v) is 6.93. The first-order chi connectivity index (χ1) is 12.6. The number of benzene rings is 1. The Labute approximate surface area is 150 Å². The summed E-state index contributed by atoms with van der Waals surface area (Å²) < 4.78 is 3.96. The molecule has 3 aromatic heterocycles. The van der Waals surface area contributed by atoms with Gasteiger partial charge in [0.1, 0.15) is 17.5 Å². The van der Waals surface area contributed by atoms with Crippen LogP contribution in [0.25, 0.3) is 16.9 Å². The lowest BCUT2D eigenvalue weighted by atomic mass is 10.1. The quantitative estimate of drug-likeness (QED) is 0.571. The van der Waals surface area contributed by atoms with Crippen LogP contribution in [0.4, 0.5) is 0 Å². The number of para-hydroxylation sites is 2. The van der Waals surface area contributed by atoms with E-state index in [1.54, 1.807) is 4.68 Å². The summed E-state index contributed by atoms with van der Waals surface area (Å²) in [6.07, 6.45) is 2.94. The van der Waals surface area contributed by atoms with Crippen molar-refractivity contribution >= 4 is 11.0 Å². The summed E-state index contributed by atoms with van der Waals surface area (Å²) in [4.78, 5) is 9.19. The largest absolute Gasteiger partial charge is 0.331 e. The van der Waals surface area contributed by atoms with Crippen LogP contribution in [-0.2, 0) is 7.05 Å². The van der Waals surface area contributed by atoms with Gasteiger partial charge in [-0.15, -0.1) is 10.2 Å². The maximum absolute atomic E-state index is 4.85. The Balaban J connectivity index is 1.48. The van der Waals surface area contributed by atoms with Crippen molar-refractivity contribution < 1.29 is 0 Å². The molecule has 1 aliphatic rings. The molecule has 0 N–H and O–H groups in total. The molecule has 7 nitrogen and oxygen atoms in total. The van der Waals surface area contributed by atoms with Crippen molar-refractivity contribution in [2.75, 3.05) is 0 Å². The maximum atomic E-state index is 4.85. The predicted octanol–water partition coefficient (Wildman–Crippen LogP) is 2.83. The van der Waals surface area contributed by atoms with Gasteiger partial charge < -0.3 is 4.57 Å². The molecule has 5 rings (SSSR count). The molecule has 2 atom stereocenters. The number of aryl methyl sites for hydroxylation is 3. The molecular formula is C19H19N7. The molecule has 0 radical (unpaired) electrons. The zero-order chi connectivity index (χ0) is 17.8. The highest BCUT2D eigenvalue weighted by molar-refractivity contribution is 5.76. The summed E-state index contributed by atoms with van der Waals surface area (Å²) in [6, 6.07) is 10.3. The van der Waals surface area contributed by atoms with Gasteiger partial charge >= 0.3 is 0 Å². The van der Waals surface area contributed by atoms with E-state index in [0.717, 1.165) is 35.2 Å². The lowest BCUT2D eigenvalue weighted by Crippen LogP contribution is -2.04. The summed E-state index contributed by atoms with van der Waals surface area (Å²) in [5.74, 6) is 4.25. The zero-order valence-electron chi connectivity index (χ0n) is 15.0. The van der Waals surface area contributed by atoms with Crippen molar-refractivity contribution in [3.8, 4) is 5.82 Å². The average molecular weight is 345 g/mol. The molecule has 3 heterocycles. The van der Waals surface area contributed by atoms with E-state index in [2.05, 4.69) is 56.2 Å². The molecule has 0 saturated heterocycles. The number of hydrogen-bond acceptors (Lipinski definition) is 5. The Bertz CT molecular complexity index is 1120. The lowest BCUT2D eigenvalue weighted by molar-refractivity contribution is 0.767. The Morgan fingerprint density at radius 3 is 2.69 bits per heavy atom. The van der Waals surface area contributed by atoms with Crippen LogP contribution < -0.4 is 0 Å². The van der Waals surface area contributed by atoms with E-state index in [9.17, 15) is 0 Å². The van der Waals surface area contributed by atoms with Crippen molar-refractivity contribution in [2.45, 2.75) is 32.1 Å². The van der Waals surface area contributed by atoms with Crippen LogP contribution in [-0.4, -0.2) is 34.5 Å². The summed E-state index contributed by atoms with van der Waals surface area (Å²) in [6.45, 7) is 3.80. The van der Waals surface area contributed by atoms with Crippen LogP contribution in [0.15, 0.2) is 36.5 Å². The van der Waals surface area contributed by atoms with Gasteiger partial charge in [0, 0.05) is 13.0 Å². The fraction of sp³-hybridized carbons (Fsp3) is 0.316. The molecule has 1 aromatic carbocycles. The first-order valence-electron chi connectivity index (χ1n) is 8.76. The van der Waals surface area contributed by atoms with Gasteiger partial charge in [-0.05, 0) is 49.9 Å². The average Bonchev–Trinajstić information content (AvgIpc) is 3.27. The summed E-state index contributed by atoms with van der Waals surface area (Å²) in [5.41, 5.74) is 3.41. The summed E-state index contributed by atoms with van der Waals surface area (Å²) >= 11 is 0. The monoisotopic (exact) mass is 345 g/mol. The maximum Gasteiger partial charge on any atom is 0.178 e. The predicted molar refractivity (Wildman–Crippen MR) is 97.2 cm³/mol. The van der Waals surface area contributed by atoms with Gasteiger partial charge in [0.2, 0.25) is 0 Å². The number of rotatable bonds is 3. The molecule has 4 aromatic rings. The van der Waals surface area contributed by atoms with Gasteiger partial charge in [-0.1, -0.05) is 12.1 Å². The lowest BCUT2D eigenvalue weighted by Gasteiger charge is -2.05. The number of nitrogens with zero attached hydrogens (tertiary/aromatic N) is 7. The van der Waals surface area contributed by atoms with Gasteiger partial charge in [-0.25, -0.2) is 9.97 Å². The van der Waals surface area contributed by atoms with E-state index in [0.29, 0.717) is 11.8 Å². The van der Waals surface area contributed by atoms with Crippen LogP contribution in [0.5, 0.6) is 0 Å². The third-order valence-corrected chi connectivity index (χ3v) is 5.13. The standard InChI is InChI=1S/C19H19N7/c1-11-21-12(2)26(24-11)18-8-13(10-20-23-18)14-9-15(14)19-22-16-6-4-5-7-17(16)25(19)3/h4-8,10,14-15H,9H2,1-3H3/t14?,15-/m0/s1. The minimum atomic E-state index is 0.419. The number of aromatic nitrogens is 7. The number of hydrogen-bond donors (Lipinski definition) is 0. The molecule has 1 saturated carbocycles. The Morgan fingerprint density at radius 2 is 1.92 bits per heavy atom. The highest BCUT2D eigenvalue weighted by Crippen LogP contribution is 2.54. The van der Waals surface area contributed by atoms with E-state index in [1.807, 2.05) is 26.1 Å². The van der Waals surface area contributed by atoms with Crippen molar-refractivity contribution in [2.24, 2.45) is 7.05 Å². The van der Waals surface area contributed by atoms with E-state index in [4.69, 9.17) is 4.98 Å². The summed E-state index contributed by atoms with van der Waals surface area (Å²) in [5, 5.41) is 12.8. The molecule has 0 aliphatic heterocycles. The third-order valence-electron chi connectivity index (χ3n) is 5.13. The normalized spacial score (nSPS) is 19.2. The summed E-state index contributed by atoms with van der Waals surface area (Å²) in [7, 11) is 2.10. The van der Waals surface area contributed by atoms with Crippen LogP contribution in [0, 0.1) is 13.8 Å². The van der Waals surface area contributed by atoms with Gasteiger partial charge in [-0.2, -0.15) is 9.78 Å². The van der Waals surface area contributed by atoms with E-state index in [-0.39, 0.29) is 0 Å². The Morgan fingerprint density at radius 1 is 1.08 bits per heavy atom. The second-order valence-electron chi connectivity index (χ2n) is 6.93. The number of fused-ring (bicyclic) bond motifs is 1. The molecule has 0 spiro atoms. The van der Waals surface area contributed by atoms with Crippen LogP contribution >= 0.6 is 0 Å². The van der Waals surface area contributed by atoms with Crippen LogP contribution in [0.2, 0.25) is 0 Å². The highest BCUT2D eigenvalue weighted by Gasteiger charge is 2.43. The van der Waals surface area contributed by atoms with E-state index in [1.165, 1.54) is 11.1 Å². The topological polar surface area (TPSA) is 74.3 Å². The Kier molecular flexibility index (Phi) is 3.19. The first-order valence-corrected chi connectivity index (χ1v) is 8.76. The van der Waals surface area contributed by atoms with Crippen LogP contribution in [0.3, 0.4) is 0 Å². The van der Waals surface area contributed by atoms with Crippen molar-refractivity contribution in [3.63, 3.8) is 0 Å². The smallest absolute Gasteiger partial charge is 0.178 e. The van der Waals surface area contributed by atoms with Gasteiger partial charge in [-0.3, -0.25) is 0 Å². The molecule has 1 unspecified atom stereocenters. The SMILES string of the molecule is Cc1nc(C)n(-c2cc(C3C[C@@H]3c3nc4ccccc4n3C)cnn2)n1. The molecule has 7 heteroatoms. The molecule has 130 valence electrons. The molecule has 0 amide bonds. The molecule has 26 heavy (non-hydrogen) atoms. The van der Waals surface area contributed by atoms with E-state index < -0.39 is 0 Å². The van der Waals surface area contributed by atoms with Crippen molar-refractivity contribution in [3.05, 3.63) is 59.6 Å². The molecular weight excluding hydrogens is 326 g/mol. The van der Waals surface area contributed by atoms with Crippen molar-refractivity contribution in [1.29, 1.82) is 0 Å². The van der Waals surface area contributed by atoms with E-state index >= 15 is 0 Å². The molecule has 1 fully saturated rings. The van der Waals surface area contributed by atoms with Crippen LogP contribution in [0.1, 0.15) is 41.3 Å². The molecule has 0 bridgehead atoms. The number of imidazole rings is 1.